The third kappa shape index (κ3) is 5.95. The standard InChI is InChI=1S/C37H48N4O4/c1-23-15-16-28(21-25(23)3)38-34(42)31-30-17-18-37(45-30)32(31)36(44)41(20-10-19-40(5)22-27-12-7-6-8-13-27)33(37)35(43)39-29-14-9-11-24(2)26(29)4/h6-8,12-13,15-18,21,24,26,29-33H,9-11,14,19-20,22H2,1-5H3,(H,38,42)(H,39,43). The summed E-state index contributed by atoms with van der Waals surface area (Å²) in [6.07, 6.45) is 7.10. The molecule has 240 valence electrons. The van der Waals surface area contributed by atoms with Crippen LogP contribution in [0, 0.1) is 37.5 Å². The van der Waals surface area contributed by atoms with Crippen LogP contribution in [0.2, 0.25) is 0 Å². The van der Waals surface area contributed by atoms with Crippen LogP contribution in [0.1, 0.15) is 56.2 Å². The van der Waals surface area contributed by atoms with Crippen molar-refractivity contribution in [2.45, 2.75) is 83.7 Å². The maximum Gasteiger partial charge on any atom is 0.246 e. The van der Waals surface area contributed by atoms with E-state index in [1.54, 1.807) is 4.90 Å². The number of fused-ring (bicyclic) bond motifs is 1. The number of rotatable bonds is 10. The van der Waals surface area contributed by atoms with Gasteiger partial charge in [0.15, 0.2) is 0 Å². The molecule has 3 heterocycles. The molecule has 8 unspecified atom stereocenters. The molecule has 2 saturated heterocycles. The Hall–Kier alpha value is -3.49. The maximum atomic E-state index is 14.4. The molecular formula is C37H48N4O4. The monoisotopic (exact) mass is 612 g/mol. The van der Waals surface area contributed by atoms with E-state index in [1.165, 1.54) is 5.56 Å². The molecule has 1 aliphatic carbocycles. The number of nitrogens with one attached hydrogen (secondary N) is 2. The number of ether oxygens (including phenoxy) is 1. The van der Waals surface area contributed by atoms with Crippen molar-refractivity contribution < 1.29 is 19.1 Å². The molecular weight excluding hydrogens is 564 g/mol. The molecule has 2 bridgehead atoms. The van der Waals surface area contributed by atoms with Crippen LogP contribution in [0.4, 0.5) is 5.69 Å². The van der Waals surface area contributed by atoms with Crippen LogP contribution < -0.4 is 10.6 Å². The molecule has 2 N–H and O–H groups in total. The van der Waals surface area contributed by atoms with Crippen molar-refractivity contribution in [1.82, 2.24) is 15.1 Å². The smallest absolute Gasteiger partial charge is 0.246 e. The van der Waals surface area contributed by atoms with E-state index in [2.05, 4.69) is 48.6 Å². The SMILES string of the molecule is Cc1ccc(NC(=O)C2C3C=CC4(O3)C2C(=O)N(CCCN(C)Cc2ccccc2)C4C(=O)NC2CCCC(C)C2C)cc1C. The Morgan fingerprint density at radius 2 is 1.82 bits per heavy atom. The van der Waals surface area contributed by atoms with Crippen molar-refractivity contribution in [2.24, 2.45) is 23.7 Å². The molecule has 1 spiro atoms. The topological polar surface area (TPSA) is 91.0 Å². The normalized spacial score (nSPS) is 31.8. The van der Waals surface area contributed by atoms with Gasteiger partial charge in [0.2, 0.25) is 17.7 Å². The number of amides is 3. The van der Waals surface area contributed by atoms with E-state index in [9.17, 15) is 14.4 Å². The molecule has 6 rings (SSSR count). The lowest BCUT2D eigenvalue weighted by atomic mass is 9.73. The van der Waals surface area contributed by atoms with Crippen LogP contribution in [-0.2, 0) is 25.7 Å². The lowest BCUT2D eigenvalue weighted by molar-refractivity contribution is -0.141. The Balaban J connectivity index is 1.23. The Morgan fingerprint density at radius 1 is 1.04 bits per heavy atom. The Kier molecular flexibility index (Phi) is 8.90. The van der Waals surface area contributed by atoms with Gasteiger partial charge in [-0.1, -0.05) is 75.2 Å². The number of benzene rings is 2. The number of carbonyl (C=O) groups excluding carboxylic acids is 3. The largest absolute Gasteiger partial charge is 0.359 e. The van der Waals surface area contributed by atoms with Crippen molar-refractivity contribution >= 4 is 23.4 Å². The van der Waals surface area contributed by atoms with Crippen LogP contribution >= 0.6 is 0 Å². The zero-order valence-electron chi connectivity index (χ0n) is 27.3. The number of likely N-dealkylation sites (tertiary alicyclic amines) is 1. The first-order chi connectivity index (χ1) is 21.6. The average molecular weight is 613 g/mol. The van der Waals surface area contributed by atoms with Gasteiger partial charge in [0.05, 0.1) is 17.9 Å². The Labute approximate surface area is 267 Å². The summed E-state index contributed by atoms with van der Waals surface area (Å²) >= 11 is 0. The highest BCUT2D eigenvalue weighted by molar-refractivity contribution is 6.02. The number of hydrogen-bond acceptors (Lipinski definition) is 5. The minimum atomic E-state index is -1.16. The molecule has 8 nitrogen and oxygen atoms in total. The van der Waals surface area contributed by atoms with Crippen molar-refractivity contribution in [2.75, 3.05) is 25.5 Å². The Morgan fingerprint density at radius 3 is 2.58 bits per heavy atom. The fourth-order valence-corrected chi connectivity index (χ4v) is 8.09. The first-order valence-corrected chi connectivity index (χ1v) is 16.7. The van der Waals surface area contributed by atoms with E-state index in [4.69, 9.17) is 4.74 Å². The summed E-state index contributed by atoms with van der Waals surface area (Å²) in [6.45, 7) is 10.5. The summed E-state index contributed by atoms with van der Waals surface area (Å²) in [6, 6.07) is 15.4. The van der Waals surface area contributed by atoms with E-state index in [1.807, 2.05) is 62.4 Å². The van der Waals surface area contributed by atoms with E-state index < -0.39 is 29.6 Å². The number of aryl methyl sites for hydroxylation is 2. The van der Waals surface area contributed by atoms with Crippen LogP contribution in [0.5, 0.6) is 0 Å². The molecule has 2 aromatic carbocycles. The van der Waals surface area contributed by atoms with Gasteiger partial charge < -0.3 is 25.2 Å². The predicted octanol–water partition coefficient (Wildman–Crippen LogP) is 4.86. The zero-order chi connectivity index (χ0) is 31.9. The van der Waals surface area contributed by atoms with E-state index in [-0.39, 0.29) is 23.8 Å². The molecule has 8 heteroatoms. The number of nitrogens with zero attached hydrogens (tertiary/aromatic N) is 2. The summed E-state index contributed by atoms with van der Waals surface area (Å²) in [7, 11) is 2.07. The van der Waals surface area contributed by atoms with E-state index >= 15 is 0 Å². The summed E-state index contributed by atoms with van der Waals surface area (Å²) in [5.41, 5.74) is 2.99. The summed E-state index contributed by atoms with van der Waals surface area (Å²) in [5, 5.41) is 6.40. The summed E-state index contributed by atoms with van der Waals surface area (Å²) < 4.78 is 6.57. The van der Waals surface area contributed by atoms with Crippen LogP contribution in [0.3, 0.4) is 0 Å². The van der Waals surface area contributed by atoms with Crippen LogP contribution in [-0.4, -0.2) is 71.4 Å². The molecule has 3 amide bonds. The second-order valence-corrected chi connectivity index (χ2v) is 14.0. The van der Waals surface area contributed by atoms with Crippen molar-refractivity contribution in [3.63, 3.8) is 0 Å². The summed E-state index contributed by atoms with van der Waals surface area (Å²) in [4.78, 5) is 46.4. The maximum absolute atomic E-state index is 14.4. The van der Waals surface area contributed by atoms with Gasteiger partial charge in [0.25, 0.3) is 0 Å². The van der Waals surface area contributed by atoms with Crippen LogP contribution in [0.15, 0.2) is 60.7 Å². The highest BCUT2D eigenvalue weighted by Crippen LogP contribution is 2.55. The molecule has 0 aromatic heterocycles. The van der Waals surface area contributed by atoms with Crippen molar-refractivity contribution in [3.8, 4) is 0 Å². The minimum absolute atomic E-state index is 0.0529. The quantitative estimate of drug-likeness (QED) is 0.375. The average Bonchev–Trinajstić information content (AvgIpc) is 3.65. The van der Waals surface area contributed by atoms with E-state index in [0.717, 1.165) is 43.5 Å². The molecule has 1 saturated carbocycles. The van der Waals surface area contributed by atoms with Crippen molar-refractivity contribution in [3.05, 3.63) is 77.4 Å². The van der Waals surface area contributed by atoms with Crippen LogP contribution in [0.25, 0.3) is 0 Å². The fraction of sp³-hybridized carbons (Fsp3) is 0.541. The van der Waals surface area contributed by atoms with Gasteiger partial charge in [0.1, 0.15) is 11.6 Å². The molecule has 4 aliphatic rings. The van der Waals surface area contributed by atoms with Gasteiger partial charge in [-0.15, -0.1) is 0 Å². The first-order valence-electron chi connectivity index (χ1n) is 16.7. The van der Waals surface area contributed by atoms with Gasteiger partial charge in [0, 0.05) is 24.8 Å². The van der Waals surface area contributed by atoms with Crippen molar-refractivity contribution in [1.29, 1.82) is 0 Å². The molecule has 0 radical (unpaired) electrons. The highest BCUT2D eigenvalue weighted by atomic mass is 16.5. The summed E-state index contributed by atoms with van der Waals surface area (Å²) in [5.74, 6) is -1.17. The molecule has 8 atom stereocenters. The predicted molar refractivity (Wildman–Crippen MR) is 175 cm³/mol. The molecule has 3 fully saturated rings. The van der Waals surface area contributed by atoms with Gasteiger partial charge in [-0.2, -0.15) is 0 Å². The second kappa shape index (κ2) is 12.7. The lowest BCUT2D eigenvalue weighted by Gasteiger charge is -2.38. The lowest BCUT2D eigenvalue weighted by Crippen LogP contribution is -2.58. The zero-order valence-corrected chi connectivity index (χ0v) is 27.3. The molecule has 3 aliphatic heterocycles. The van der Waals surface area contributed by atoms with Gasteiger partial charge in [-0.3, -0.25) is 14.4 Å². The second-order valence-electron chi connectivity index (χ2n) is 14.0. The minimum Gasteiger partial charge on any atom is -0.359 e. The number of carbonyl (C=O) groups is 3. The number of hydrogen-bond donors (Lipinski definition) is 2. The third-order valence-electron chi connectivity index (χ3n) is 11.0. The van der Waals surface area contributed by atoms with Gasteiger partial charge >= 0.3 is 0 Å². The Bertz CT molecular complexity index is 1460. The molecule has 2 aromatic rings. The van der Waals surface area contributed by atoms with Gasteiger partial charge in [-0.25, -0.2) is 0 Å². The molecule has 45 heavy (non-hydrogen) atoms. The number of anilines is 1. The van der Waals surface area contributed by atoms with E-state index in [0.29, 0.717) is 30.5 Å². The fourth-order valence-electron chi connectivity index (χ4n) is 8.09. The third-order valence-corrected chi connectivity index (χ3v) is 11.0. The first kappa shape index (κ1) is 31.5. The highest BCUT2D eigenvalue weighted by Gasteiger charge is 2.72. The van der Waals surface area contributed by atoms with Gasteiger partial charge in [-0.05, 0) is 80.9 Å².